The number of nitrogens with one attached hydrogen (secondary N) is 1. The van der Waals surface area contributed by atoms with E-state index in [0.29, 0.717) is 23.2 Å². The molecule has 7 nitrogen and oxygen atoms in total. The lowest BCUT2D eigenvalue weighted by atomic mass is 9.86. The molecule has 31 heavy (non-hydrogen) atoms. The molecule has 1 aliphatic heterocycles. The summed E-state index contributed by atoms with van der Waals surface area (Å²) in [5.41, 5.74) is 2.12. The molecule has 1 aliphatic rings. The van der Waals surface area contributed by atoms with E-state index >= 15 is 0 Å². The van der Waals surface area contributed by atoms with Crippen LogP contribution in [0.1, 0.15) is 25.0 Å². The smallest absolute Gasteiger partial charge is 0.279 e. The topological polar surface area (TPSA) is 96.7 Å². The Morgan fingerprint density at radius 3 is 2.65 bits per heavy atom. The Bertz CT molecular complexity index is 1130. The lowest BCUT2D eigenvalue weighted by molar-refractivity contribution is -0.0256. The molecule has 0 aliphatic carbocycles. The van der Waals surface area contributed by atoms with E-state index in [1.54, 1.807) is 13.2 Å². The Labute approximate surface area is 182 Å². The van der Waals surface area contributed by atoms with Gasteiger partial charge >= 0.3 is 0 Å². The molecule has 1 unspecified atom stereocenters. The van der Waals surface area contributed by atoms with Crippen LogP contribution in [0, 0.1) is 5.92 Å². The number of benzene rings is 2. The summed E-state index contributed by atoms with van der Waals surface area (Å²) < 4.78 is 13.8. The highest BCUT2D eigenvalue weighted by Crippen LogP contribution is 2.46. The number of methoxy groups -OCH3 is 1. The molecule has 3 aromatic rings. The molecule has 166 valence electrons. The van der Waals surface area contributed by atoms with Crippen LogP contribution in [-0.2, 0) is 4.74 Å². The van der Waals surface area contributed by atoms with Gasteiger partial charge in [0.1, 0.15) is 11.9 Å². The Balaban J connectivity index is 1.76. The fourth-order valence-corrected chi connectivity index (χ4v) is 6.81. The number of hydrogen-bond donors (Lipinski definition) is 3. The Kier molecular flexibility index (Phi) is 5.82. The molecule has 0 saturated heterocycles. The van der Waals surface area contributed by atoms with Crippen molar-refractivity contribution in [1.29, 1.82) is 0 Å². The molecule has 8 heteroatoms. The summed E-state index contributed by atoms with van der Waals surface area (Å²) in [5.74, 6) is 0.645. The monoisotopic (exact) mass is 442 g/mol. The first-order valence-electron chi connectivity index (χ1n) is 10.6. The van der Waals surface area contributed by atoms with E-state index < -0.39 is 8.32 Å². The third-order valence-corrected chi connectivity index (χ3v) is 8.84. The van der Waals surface area contributed by atoms with Crippen molar-refractivity contribution in [3.05, 3.63) is 58.4 Å². The predicted molar refractivity (Wildman–Crippen MR) is 122 cm³/mol. The second-order valence-electron chi connectivity index (χ2n) is 8.89. The van der Waals surface area contributed by atoms with Crippen LogP contribution in [0.3, 0.4) is 0 Å². The van der Waals surface area contributed by atoms with Crippen molar-refractivity contribution in [2.45, 2.75) is 44.2 Å². The molecule has 0 bridgehead atoms. The van der Waals surface area contributed by atoms with Crippen LogP contribution >= 0.6 is 0 Å². The summed E-state index contributed by atoms with van der Waals surface area (Å²) in [6.45, 7) is 5.81. The minimum atomic E-state index is -2.58. The zero-order valence-electron chi connectivity index (χ0n) is 18.3. The van der Waals surface area contributed by atoms with Crippen LogP contribution in [0.4, 0.5) is 0 Å². The maximum absolute atomic E-state index is 12.9. The number of aliphatic hydroxyl groups excluding tert-OH is 1. The number of aromatic nitrogens is 2. The van der Waals surface area contributed by atoms with E-state index in [4.69, 9.17) is 9.47 Å². The largest absolute Gasteiger partial charge is 0.490 e. The number of fused-ring (bicyclic) bond motifs is 2. The van der Waals surface area contributed by atoms with E-state index in [9.17, 15) is 14.7 Å². The molecule has 4 rings (SSSR count). The fourth-order valence-electron chi connectivity index (χ4n) is 4.80. The molecule has 4 atom stereocenters. The highest BCUT2D eigenvalue weighted by atomic mass is 28.4. The molecule has 2 aromatic carbocycles. The number of aliphatic hydroxyl groups is 1. The van der Waals surface area contributed by atoms with Gasteiger partial charge in [-0.05, 0) is 49.8 Å². The van der Waals surface area contributed by atoms with Crippen molar-refractivity contribution >= 4 is 19.2 Å². The second kappa shape index (κ2) is 8.27. The summed E-state index contributed by atoms with van der Waals surface area (Å²) in [6, 6.07) is 13.0. The van der Waals surface area contributed by atoms with E-state index in [2.05, 4.69) is 5.10 Å². The van der Waals surface area contributed by atoms with E-state index in [1.807, 2.05) is 56.4 Å². The second-order valence-corrected chi connectivity index (χ2v) is 12.9. The number of rotatable bonds is 6. The molecular weight excluding hydrogens is 412 g/mol. The van der Waals surface area contributed by atoms with Crippen LogP contribution in [0.5, 0.6) is 5.75 Å². The van der Waals surface area contributed by atoms with Crippen molar-refractivity contribution in [3.8, 4) is 11.4 Å². The first-order chi connectivity index (χ1) is 14.8. The van der Waals surface area contributed by atoms with Gasteiger partial charge in [-0.1, -0.05) is 19.1 Å². The van der Waals surface area contributed by atoms with Crippen LogP contribution in [0.15, 0.2) is 47.3 Å². The van der Waals surface area contributed by atoms with Gasteiger partial charge in [-0.3, -0.25) is 9.89 Å². The van der Waals surface area contributed by atoms with Crippen LogP contribution in [-0.4, -0.2) is 47.8 Å². The molecule has 3 N–H and O–H groups in total. The van der Waals surface area contributed by atoms with Gasteiger partial charge in [0.25, 0.3) is 5.56 Å². The van der Waals surface area contributed by atoms with E-state index in [-0.39, 0.29) is 35.8 Å². The van der Waals surface area contributed by atoms with Gasteiger partial charge in [-0.15, -0.1) is 0 Å². The average Bonchev–Trinajstić information content (AvgIpc) is 3.07. The SMILES string of the molecule is CO[C@@H]1c2cc(-n3[nH]c4ccccc4c3=O)ccc2O[C@H](C(CCO)[Si](C)(C)O)[C@H]1C. The quantitative estimate of drug-likeness (QED) is 0.509. The van der Waals surface area contributed by atoms with Gasteiger partial charge in [-0.25, -0.2) is 4.68 Å². The van der Waals surface area contributed by atoms with Gasteiger partial charge < -0.3 is 19.4 Å². The molecule has 0 fully saturated rings. The van der Waals surface area contributed by atoms with Crippen molar-refractivity contribution < 1.29 is 19.4 Å². The number of aromatic amines is 1. The standard InChI is InChI=1S/C23H30N2O5Si/c1-14-21(29-2)17-13-15(25-23(27)16-7-5-6-8-18(16)24-25)9-10-19(17)30-22(14)20(11-12-26)31(3,4)28/h5-10,13-14,20-22,24,26,28H,11-12H2,1-4H3/t14-,20?,21-,22-/m0/s1. The molecule has 2 heterocycles. The van der Waals surface area contributed by atoms with Crippen molar-refractivity contribution in [3.63, 3.8) is 0 Å². The maximum atomic E-state index is 12.9. The highest BCUT2D eigenvalue weighted by molar-refractivity contribution is 6.71. The lowest BCUT2D eigenvalue weighted by Crippen LogP contribution is -2.48. The zero-order valence-corrected chi connectivity index (χ0v) is 19.3. The van der Waals surface area contributed by atoms with Crippen LogP contribution in [0.2, 0.25) is 18.6 Å². The third kappa shape index (κ3) is 3.85. The van der Waals surface area contributed by atoms with Gasteiger partial charge in [0.05, 0.1) is 22.7 Å². The average molecular weight is 443 g/mol. The fraction of sp³-hybridized carbons (Fsp3) is 0.435. The van der Waals surface area contributed by atoms with Crippen LogP contribution < -0.4 is 10.3 Å². The number of nitrogens with zero attached hydrogens (tertiary/aromatic N) is 1. The summed E-state index contributed by atoms with van der Waals surface area (Å²) in [4.78, 5) is 23.7. The van der Waals surface area contributed by atoms with E-state index in [0.717, 1.165) is 11.1 Å². The lowest BCUT2D eigenvalue weighted by Gasteiger charge is -2.43. The summed E-state index contributed by atoms with van der Waals surface area (Å²) >= 11 is 0. The first kappa shape index (κ1) is 21.8. The van der Waals surface area contributed by atoms with Gasteiger partial charge in [0.15, 0.2) is 8.32 Å². The summed E-state index contributed by atoms with van der Waals surface area (Å²) in [7, 11) is -0.917. The number of ether oxygens (including phenoxy) is 2. The van der Waals surface area contributed by atoms with Gasteiger partial charge in [-0.2, -0.15) is 0 Å². The van der Waals surface area contributed by atoms with Gasteiger partial charge in [0, 0.05) is 30.7 Å². The molecule has 0 radical (unpaired) electrons. The third-order valence-electron chi connectivity index (χ3n) is 6.41. The van der Waals surface area contributed by atoms with Crippen molar-refractivity contribution in [2.24, 2.45) is 5.92 Å². The zero-order chi connectivity index (χ0) is 22.3. The Morgan fingerprint density at radius 1 is 1.26 bits per heavy atom. The van der Waals surface area contributed by atoms with E-state index in [1.165, 1.54) is 4.68 Å². The molecular formula is C23H30N2O5Si. The number of H-pyrrole nitrogens is 1. The molecule has 1 aromatic heterocycles. The summed E-state index contributed by atoms with van der Waals surface area (Å²) in [5, 5.41) is 13.4. The van der Waals surface area contributed by atoms with Crippen molar-refractivity contribution in [2.75, 3.05) is 13.7 Å². The minimum absolute atomic E-state index is 0.000973. The van der Waals surface area contributed by atoms with Crippen molar-refractivity contribution in [1.82, 2.24) is 9.78 Å². The summed E-state index contributed by atoms with van der Waals surface area (Å²) in [6.07, 6.45) is -0.0387. The Hall–Kier alpha value is -2.39. The molecule has 0 amide bonds. The first-order valence-corrected chi connectivity index (χ1v) is 13.7. The minimum Gasteiger partial charge on any atom is -0.490 e. The number of hydrogen-bond acceptors (Lipinski definition) is 5. The number of para-hydroxylation sites is 1. The predicted octanol–water partition coefficient (Wildman–Crippen LogP) is 3.35. The molecule has 0 saturated carbocycles. The van der Waals surface area contributed by atoms with Gasteiger partial charge in [0.2, 0.25) is 0 Å². The Morgan fingerprint density at radius 2 is 2.00 bits per heavy atom. The maximum Gasteiger partial charge on any atom is 0.279 e. The van der Waals surface area contributed by atoms with Crippen LogP contribution in [0.25, 0.3) is 16.6 Å². The highest BCUT2D eigenvalue weighted by Gasteiger charge is 2.46. The normalized spacial score (nSPS) is 22.2. The molecule has 0 spiro atoms.